The molecule has 11 nitrogen and oxygen atoms in total. The number of halogens is 1. The molecule has 3 N–H and O–H groups in total. The van der Waals surface area contributed by atoms with Crippen molar-refractivity contribution in [2.75, 3.05) is 40.1 Å². The number of likely N-dealkylation sites (N-methyl/N-ethyl adjacent to an activating group) is 2. The van der Waals surface area contributed by atoms with Gasteiger partial charge < -0.3 is 25.8 Å². The van der Waals surface area contributed by atoms with Gasteiger partial charge in [-0.2, -0.15) is 0 Å². The van der Waals surface area contributed by atoms with Crippen molar-refractivity contribution in [3.8, 4) is 0 Å². The van der Waals surface area contributed by atoms with E-state index in [1.807, 2.05) is 34.7 Å². The summed E-state index contributed by atoms with van der Waals surface area (Å²) in [6, 6.07) is 3.20. The van der Waals surface area contributed by atoms with Gasteiger partial charge in [0.05, 0.1) is 10.7 Å². The van der Waals surface area contributed by atoms with Crippen LogP contribution in [0.3, 0.4) is 0 Å². The molecule has 0 spiro atoms. The van der Waals surface area contributed by atoms with E-state index in [1.54, 1.807) is 25.1 Å². The fraction of sp³-hybridized carbons (Fsp3) is 0.586. The van der Waals surface area contributed by atoms with Gasteiger partial charge in [-0.3, -0.25) is 19.2 Å². The number of nitrogens with one attached hydrogen (secondary N) is 3. The Kier molecular flexibility index (Phi) is 17.0. The van der Waals surface area contributed by atoms with E-state index in [9.17, 15) is 19.2 Å². The summed E-state index contributed by atoms with van der Waals surface area (Å²) in [4.78, 5) is 58.9. The molecule has 1 aliphatic carbocycles. The number of aromatic nitrogens is 2. The molecule has 0 bridgehead atoms. The zero-order valence-corrected chi connectivity index (χ0v) is 27.6. The van der Waals surface area contributed by atoms with E-state index in [-0.39, 0.29) is 36.1 Å². The fourth-order valence-electron chi connectivity index (χ4n) is 4.52. The molecule has 234 valence electrons. The predicted molar refractivity (Wildman–Crippen MR) is 169 cm³/mol. The largest absolute Gasteiger partial charge is 0.349 e. The number of anilines is 1. The highest BCUT2D eigenvalue weighted by Gasteiger charge is 2.35. The Labute approximate surface area is 258 Å². The Morgan fingerprint density at radius 3 is 2.38 bits per heavy atom. The van der Waals surface area contributed by atoms with E-state index in [2.05, 4.69) is 37.9 Å². The van der Waals surface area contributed by atoms with Crippen molar-refractivity contribution in [3.05, 3.63) is 38.9 Å². The van der Waals surface area contributed by atoms with Crippen LogP contribution in [0, 0.1) is 5.92 Å². The summed E-state index contributed by atoms with van der Waals surface area (Å²) in [6.45, 7) is 9.85. The zero-order valence-electron chi connectivity index (χ0n) is 26.0. The number of thiazole rings is 1. The van der Waals surface area contributed by atoms with E-state index in [0.717, 1.165) is 38.0 Å². The van der Waals surface area contributed by atoms with Crippen LogP contribution in [0.4, 0.5) is 5.82 Å². The average Bonchev–Trinajstić information content (AvgIpc) is 3.43. The lowest BCUT2D eigenvalue weighted by Crippen LogP contribution is -2.53. The standard InChI is InChI=1S/C18H29N5O2S.C7H5ClN2O2.2C2H6/c1-19-12-6-5-11(18(25)22(2)3)9-14(12)20-16(24)17-21-13-7-8-23(4)10-15(13)26-17;8-5-1-2-6(9-3-5)10-7(12)4-11;2*1-2/h11-12,14,19H,5-10H2,1-4H3,(H,20,24);1-4H,(H,9,10,12);2*1-2H3/t11?,12-,14+;;;/m0.../s1. The van der Waals surface area contributed by atoms with Crippen LogP contribution in [0.1, 0.15) is 67.3 Å². The summed E-state index contributed by atoms with van der Waals surface area (Å²) in [5.41, 5.74) is 1.06. The Hall–Kier alpha value is -2.93. The fourth-order valence-corrected chi connectivity index (χ4v) is 5.72. The van der Waals surface area contributed by atoms with Gasteiger partial charge in [0.1, 0.15) is 5.82 Å². The predicted octanol–water partition coefficient (Wildman–Crippen LogP) is 3.63. The molecule has 3 atom stereocenters. The summed E-state index contributed by atoms with van der Waals surface area (Å²) in [5, 5.41) is 9.69. The van der Waals surface area contributed by atoms with E-state index in [0.29, 0.717) is 22.3 Å². The van der Waals surface area contributed by atoms with Gasteiger partial charge in [-0.25, -0.2) is 9.97 Å². The Balaban J connectivity index is 0.000000462. The first kappa shape index (κ1) is 37.1. The first-order valence-corrected chi connectivity index (χ1v) is 15.5. The highest BCUT2D eigenvalue weighted by molar-refractivity contribution is 7.13. The number of amides is 3. The molecule has 1 unspecified atom stereocenters. The average molecular weight is 624 g/mol. The number of fused-ring (bicyclic) bond motifs is 1. The normalized spacial score (nSPS) is 19.1. The van der Waals surface area contributed by atoms with Crippen LogP contribution in [-0.2, 0) is 27.3 Å². The maximum absolute atomic E-state index is 12.8. The van der Waals surface area contributed by atoms with Gasteiger partial charge in [0.15, 0.2) is 5.01 Å². The lowest BCUT2D eigenvalue weighted by Gasteiger charge is -2.36. The van der Waals surface area contributed by atoms with Crippen molar-refractivity contribution in [2.45, 2.75) is 72.0 Å². The maximum Gasteiger partial charge on any atom is 0.289 e. The summed E-state index contributed by atoms with van der Waals surface area (Å²) in [6.07, 6.45) is 4.86. The Morgan fingerprint density at radius 2 is 1.81 bits per heavy atom. The van der Waals surface area contributed by atoms with Crippen molar-refractivity contribution >= 4 is 52.8 Å². The molecule has 1 aliphatic heterocycles. The number of carbonyl (C=O) groups is 4. The SMILES string of the molecule is CC.CC.CN[C@H]1CCC(C(=O)N(C)C)C[C@H]1NC(=O)c1nc2c(s1)CN(C)CC2.O=CC(=O)Nc1ccc(Cl)cn1. The molecule has 2 aromatic heterocycles. The molecule has 1 fully saturated rings. The molecule has 2 aromatic rings. The maximum atomic E-state index is 12.8. The van der Waals surface area contributed by atoms with Crippen LogP contribution in [0.5, 0.6) is 0 Å². The highest BCUT2D eigenvalue weighted by Crippen LogP contribution is 2.28. The molecule has 0 aromatic carbocycles. The van der Waals surface area contributed by atoms with Gasteiger partial charge in [-0.15, -0.1) is 11.3 Å². The molecule has 0 radical (unpaired) electrons. The van der Waals surface area contributed by atoms with E-state index >= 15 is 0 Å². The van der Waals surface area contributed by atoms with E-state index in [4.69, 9.17) is 11.6 Å². The third kappa shape index (κ3) is 11.4. The first-order chi connectivity index (χ1) is 20.1. The smallest absolute Gasteiger partial charge is 0.289 e. The van der Waals surface area contributed by atoms with Crippen LogP contribution in [0.2, 0.25) is 5.02 Å². The third-order valence-electron chi connectivity index (χ3n) is 6.53. The Morgan fingerprint density at radius 1 is 1.12 bits per heavy atom. The number of hydrogen-bond donors (Lipinski definition) is 3. The summed E-state index contributed by atoms with van der Waals surface area (Å²) in [5.74, 6) is -0.429. The minimum atomic E-state index is -0.732. The summed E-state index contributed by atoms with van der Waals surface area (Å²) < 4.78 is 0. The number of nitrogens with zero attached hydrogens (tertiary/aromatic N) is 4. The Bertz CT molecular complexity index is 1140. The second kappa shape index (κ2) is 19.3. The van der Waals surface area contributed by atoms with Crippen LogP contribution in [0.25, 0.3) is 0 Å². The summed E-state index contributed by atoms with van der Waals surface area (Å²) >= 11 is 7.03. The number of pyridine rings is 1. The molecular formula is C29H46ClN7O4S. The van der Waals surface area contributed by atoms with Crippen LogP contribution in [0.15, 0.2) is 18.3 Å². The number of aldehydes is 1. The number of carbonyl (C=O) groups excluding carboxylic acids is 4. The van der Waals surface area contributed by atoms with Gasteiger partial charge in [0, 0.05) is 62.7 Å². The molecule has 1 saturated carbocycles. The van der Waals surface area contributed by atoms with Crippen molar-refractivity contribution in [3.63, 3.8) is 0 Å². The summed E-state index contributed by atoms with van der Waals surface area (Å²) in [7, 11) is 7.58. The highest BCUT2D eigenvalue weighted by atomic mass is 35.5. The quantitative estimate of drug-likeness (QED) is 0.328. The molecular weight excluding hydrogens is 578 g/mol. The van der Waals surface area contributed by atoms with Crippen molar-refractivity contribution in [1.29, 1.82) is 0 Å². The van der Waals surface area contributed by atoms with Gasteiger partial charge in [-0.05, 0) is 45.5 Å². The molecule has 13 heteroatoms. The van der Waals surface area contributed by atoms with Crippen molar-refractivity contribution in [2.24, 2.45) is 5.92 Å². The molecule has 42 heavy (non-hydrogen) atoms. The van der Waals surface area contributed by atoms with Gasteiger partial charge in [-0.1, -0.05) is 39.3 Å². The minimum absolute atomic E-state index is 0.0296. The monoisotopic (exact) mass is 623 g/mol. The third-order valence-corrected chi connectivity index (χ3v) is 7.83. The van der Waals surface area contributed by atoms with Crippen molar-refractivity contribution < 1.29 is 19.2 Å². The van der Waals surface area contributed by atoms with Crippen molar-refractivity contribution in [1.82, 2.24) is 30.4 Å². The molecule has 3 heterocycles. The van der Waals surface area contributed by atoms with E-state index in [1.165, 1.54) is 28.5 Å². The first-order valence-electron chi connectivity index (χ1n) is 14.3. The van der Waals surface area contributed by atoms with Crippen LogP contribution in [-0.4, -0.2) is 90.6 Å². The molecule has 0 saturated heterocycles. The molecule has 4 rings (SSSR count). The number of rotatable bonds is 6. The minimum Gasteiger partial charge on any atom is -0.349 e. The van der Waals surface area contributed by atoms with Gasteiger partial charge >= 0.3 is 0 Å². The molecule has 3 amide bonds. The lowest BCUT2D eigenvalue weighted by molar-refractivity contribution is -0.134. The topological polar surface area (TPSA) is 137 Å². The number of hydrogen-bond acceptors (Lipinski definition) is 9. The lowest BCUT2D eigenvalue weighted by atomic mass is 9.81. The van der Waals surface area contributed by atoms with Crippen LogP contribution < -0.4 is 16.0 Å². The second-order valence-corrected chi connectivity index (χ2v) is 11.1. The molecule has 2 aliphatic rings. The van der Waals surface area contributed by atoms with Gasteiger partial charge in [0.25, 0.3) is 11.8 Å². The zero-order chi connectivity index (χ0) is 31.8. The van der Waals surface area contributed by atoms with Crippen LogP contribution >= 0.6 is 22.9 Å². The van der Waals surface area contributed by atoms with Gasteiger partial charge in [0.2, 0.25) is 12.2 Å². The second-order valence-electron chi connectivity index (χ2n) is 9.56. The van der Waals surface area contributed by atoms with E-state index < -0.39 is 5.91 Å².